The van der Waals surface area contributed by atoms with Crippen molar-refractivity contribution in [1.82, 2.24) is 34.7 Å². The number of anilines is 1. The highest BCUT2D eigenvalue weighted by molar-refractivity contribution is 7.88. The number of ether oxygens (including phenoxy) is 5. The van der Waals surface area contributed by atoms with Crippen LogP contribution in [0.15, 0.2) is 170 Å². The van der Waals surface area contributed by atoms with E-state index in [0.717, 1.165) is 119 Å². The second-order valence-corrected chi connectivity index (χ2v) is 31.8. The number of Topliss-reactive ketones (excluding diaryl/α,β-unsaturated/α-hetero) is 1. The molecule has 3 unspecified atom stereocenters. The van der Waals surface area contributed by atoms with Crippen LogP contribution in [0, 0.1) is 0 Å². The molecule has 22 nitrogen and oxygen atoms in total. The first-order valence-electron chi connectivity index (χ1n) is 38.8. The largest absolute Gasteiger partial charge is 0.534 e. The number of ketones is 1. The van der Waals surface area contributed by atoms with Gasteiger partial charge in [0.05, 0.1) is 69.5 Å². The molecule has 3 fully saturated rings. The highest BCUT2D eigenvalue weighted by atomic mass is 32.2. The number of fused-ring (bicyclic) bond motifs is 6. The smallest absolute Gasteiger partial charge is 0.493 e. The van der Waals surface area contributed by atoms with Crippen LogP contribution in [0.4, 0.5) is 23.7 Å². The molecule has 0 bridgehead atoms. The Kier molecular flexibility index (Phi) is 25.3. The average molecular weight is 1580 g/mol. The summed E-state index contributed by atoms with van der Waals surface area (Å²) < 4.78 is 91.1. The van der Waals surface area contributed by atoms with Gasteiger partial charge in [-0.25, -0.2) is 4.79 Å². The van der Waals surface area contributed by atoms with Crippen LogP contribution in [0.1, 0.15) is 166 Å². The van der Waals surface area contributed by atoms with Gasteiger partial charge in [0.1, 0.15) is 5.60 Å². The van der Waals surface area contributed by atoms with Gasteiger partial charge in [-0.3, -0.25) is 48.5 Å². The van der Waals surface area contributed by atoms with Crippen molar-refractivity contribution in [2.75, 3.05) is 112 Å². The van der Waals surface area contributed by atoms with Crippen molar-refractivity contribution in [3.63, 3.8) is 0 Å². The number of carbonyl (C=O) groups is 6. The van der Waals surface area contributed by atoms with Gasteiger partial charge >= 0.3 is 21.7 Å². The lowest BCUT2D eigenvalue weighted by Crippen LogP contribution is -2.50. The first-order valence-corrected chi connectivity index (χ1v) is 40.2. The number of amides is 5. The van der Waals surface area contributed by atoms with E-state index in [9.17, 15) is 50.4 Å². The average Bonchev–Trinajstić information content (AvgIpc) is 1.61. The maximum absolute atomic E-state index is 13.6. The Bertz CT molecular complexity index is 4990. The third kappa shape index (κ3) is 18.0. The zero-order valence-electron chi connectivity index (χ0n) is 65.3. The fraction of sp³-hybridized carbons (Fsp3) is 0.386. The standard InChI is InChI=1S/C30H31N3O4.C18H14F3NO7S.C18H26N2O2.C13H18N2.C9H8O/c1-36-26-13-10-20(18-27(26)37-2)19-33-29(34)23-8-5-9-25(28(23)30(33)35)32-16-14-31(15-17-32)24-12-11-21-6-3-4-7-22(21)24;1-27-12-7-6-10(8-14(12)28-2)9-22-16(23)11-4-3-5-13(15(11)17(22)24)29-30(25,26)18(19,20)21;1-18(2,3)22-17(21)20-12-10-19(11-13-20)16-9-8-14-6-4-5-7-15(14)16;1-2-4-12-11(3-1)5-6-13(12)15-9-7-14-8-10-15;10-9-6-5-7-3-1-2-4-8(7)9/h3-10,13,18,24H,11-12,14-17,19H2,1-2H3;3-8H,9H2,1-2H3;4-7,16H,8-13H2,1-3H3;1-4,13-14H,5-10H2;1-4H,5-6H2. The Balaban J connectivity index is 0.000000132. The zero-order chi connectivity index (χ0) is 80.6. The monoisotopic (exact) mass is 1580 g/mol. The van der Waals surface area contributed by atoms with E-state index >= 15 is 0 Å². The SMILES string of the molecule is CC(C)(C)OC(=O)N1CCN(C2CCc3ccccc32)CC1.COc1ccc(CN2C(=O)c3cccc(N4CCN(C5CCc6ccccc65)CC4)c3C2=O)cc1OC.COc1ccc(CN2C(=O)c3cccc(OS(=O)(=O)C(F)(F)F)c3C2=O)cc1OC.O=C1CCc2ccccc21.c1ccc2c(c1)CCC2N1CCNCC1. The van der Waals surface area contributed by atoms with Crippen LogP contribution in [0.2, 0.25) is 0 Å². The molecule has 17 rings (SSSR count). The maximum Gasteiger partial charge on any atom is 0.534 e. The predicted octanol–water partition coefficient (Wildman–Crippen LogP) is 13.7. The Hall–Kier alpha value is -10.6. The molecule has 4 aliphatic carbocycles. The summed E-state index contributed by atoms with van der Waals surface area (Å²) in [6.45, 7) is 17.3. The summed E-state index contributed by atoms with van der Waals surface area (Å²) in [5, 5.41) is 3.42. The molecule has 0 radical (unpaired) electrons. The van der Waals surface area contributed by atoms with Crippen molar-refractivity contribution in [3.05, 3.63) is 248 Å². The summed E-state index contributed by atoms with van der Waals surface area (Å²) in [6.07, 6.45) is 8.73. The summed E-state index contributed by atoms with van der Waals surface area (Å²) in [4.78, 5) is 89.4. The number of rotatable bonds is 14. The minimum absolute atomic E-state index is 0.182. The maximum atomic E-state index is 13.6. The minimum Gasteiger partial charge on any atom is -0.493 e. The number of nitrogens with one attached hydrogen (secondary N) is 1. The van der Waals surface area contributed by atoms with E-state index in [1.165, 1.54) is 97.8 Å². The number of nitrogens with zero attached hydrogens (tertiary/aromatic N) is 7. The van der Waals surface area contributed by atoms with Crippen LogP contribution in [0.25, 0.3) is 0 Å². The predicted molar refractivity (Wildman–Crippen MR) is 425 cm³/mol. The molecule has 3 atom stereocenters. The fourth-order valence-corrected chi connectivity index (χ4v) is 17.1. The number of alkyl halides is 3. The van der Waals surface area contributed by atoms with Crippen LogP contribution in [0.3, 0.4) is 0 Å². The van der Waals surface area contributed by atoms with Gasteiger partial charge in [-0.05, 0) is 164 Å². The highest BCUT2D eigenvalue weighted by Crippen LogP contribution is 2.42. The summed E-state index contributed by atoms with van der Waals surface area (Å²) in [5.41, 5.74) is 7.39. The van der Waals surface area contributed by atoms with Crippen molar-refractivity contribution in [2.45, 2.75) is 114 Å². The van der Waals surface area contributed by atoms with Gasteiger partial charge in [-0.1, -0.05) is 121 Å². The van der Waals surface area contributed by atoms with Crippen LogP contribution in [-0.4, -0.2) is 191 Å². The van der Waals surface area contributed by atoms with E-state index in [-0.39, 0.29) is 36.6 Å². The number of imide groups is 2. The van der Waals surface area contributed by atoms with Gasteiger partial charge in [0.15, 0.2) is 34.5 Å². The van der Waals surface area contributed by atoms with Crippen LogP contribution in [-0.2, 0) is 53.6 Å². The van der Waals surface area contributed by atoms with Crippen LogP contribution >= 0.6 is 0 Å². The Morgan fingerprint density at radius 2 is 0.860 bits per heavy atom. The minimum atomic E-state index is -6.02. The Labute approximate surface area is 663 Å². The second kappa shape index (κ2) is 35.4. The normalized spacial score (nSPS) is 19.1. The molecule has 9 aliphatic rings. The Morgan fingerprint density at radius 3 is 1.32 bits per heavy atom. The molecule has 26 heteroatoms. The van der Waals surface area contributed by atoms with Gasteiger partial charge < -0.3 is 43.0 Å². The van der Waals surface area contributed by atoms with Crippen LogP contribution < -0.4 is 33.3 Å². The van der Waals surface area contributed by atoms with E-state index in [2.05, 4.69) is 102 Å². The van der Waals surface area contributed by atoms with Crippen molar-refractivity contribution in [1.29, 1.82) is 0 Å². The summed E-state index contributed by atoms with van der Waals surface area (Å²) in [7, 11) is -0.0432. The fourth-order valence-electron chi connectivity index (χ4n) is 16.7. The summed E-state index contributed by atoms with van der Waals surface area (Å²) >= 11 is 0. The Morgan fingerprint density at radius 1 is 0.439 bits per heavy atom. The number of benzene rings is 8. The van der Waals surface area contributed by atoms with Crippen LogP contribution in [0.5, 0.6) is 28.7 Å². The zero-order valence-corrected chi connectivity index (χ0v) is 66.2. The van der Waals surface area contributed by atoms with E-state index < -0.39 is 44.4 Å². The topological polar surface area (TPSA) is 227 Å². The number of halogens is 3. The lowest BCUT2D eigenvalue weighted by atomic mass is 10.0. The van der Waals surface area contributed by atoms with E-state index in [4.69, 9.17) is 23.7 Å². The quantitative estimate of drug-likeness (QED) is 0.0606. The molecule has 0 aromatic heterocycles. The van der Waals surface area contributed by atoms with E-state index in [0.29, 0.717) is 70.0 Å². The van der Waals surface area contributed by atoms with Gasteiger partial charge in [0.2, 0.25) is 0 Å². The molecule has 8 aromatic carbocycles. The molecule has 0 saturated carbocycles. The van der Waals surface area contributed by atoms with Gasteiger partial charge in [0, 0.05) is 109 Å². The molecule has 0 spiro atoms. The molecule has 114 heavy (non-hydrogen) atoms. The third-order valence-corrected chi connectivity index (χ3v) is 23.3. The van der Waals surface area contributed by atoms with Crippen molar-refractivity contribution < 1.29 is 78.2 Å². The number of methoxy groups -OCH3 is 4. The molecular weight excluding hydrogens is 1480 g/mol. The molecule has 8 aromatic rings. The van der Waals surface area contributed by atoms with E-state index in [1.807, 2.05) is 74.2 Å². The highest BCUT2D eigenvalue weighted by Gasteiger charge is 2.50. The number of carbonyl (C=O) groups excluding carboxylic acids is 6. The lowest BCUT2D eigenvalue weighted by Gasteiger charge is -2.39. The first kappa shape index (κ1) is 81.4. The van der Waals surface area contributed by atoms with Gasteiger partial charge in [-0.2, -0.15) is 21.6 Å². The first-order chi connectivity index (χ1) is 54.8. The number of hydrogen-bond acceptors (Lipinski definition) is 19. The molecular formula is C88H97F3N8O14S. The number of piperazine rings is 3. The molecule has 5 heterocycles. The summed E-state index contributed by atoms with van der Waals surface area (Å²) in [5.74, 6) is -0.930. The van der Waals surface area contributed by atoms with Crippen molar-refractivity contribution in [2.24, 2.45) is 0 Å². The third-order valence-electron chi connectivity index (χ3n) is 22.3. The second-order valence-electron chi connectivity index (χ2n) is 30.3. The summed E-state index contributed by atoms with van der Waals surface area (Å²) in [6, 6.07) is 54.9. The number of aryl methyl sites for hydroxylation is 4. The number of hydrogen-bond donors (Lipinski definition) is 1. The van der Waals surface area contributed by atoms with Gasteiger partial charge in [-0.15, -0.1) is 0 Å². The van der Waals surface area contributed by atoms with Gasteiger partial charge in [0.25, 0.3) is 23.6 Å². The molecule has 1 N–H and O–H groups in total. The van der Waals surface area contributed by atoms with Crippen molar-refractivity contribution >= 4 is 51.3 Å². The lowest BCUT2D eigenvalue weighted by molar-refractivity contribution is -0.0500. The van der Waals surface area contributed by atoms with Crippen molar-refractivity contribution in [3.8, 4) is 28.7 Å². The molecule has 600 valence electrons. The van der Waals surface area contributed by atoms with E-state index in [1.54, 1.807) is 49.6 Å². The molecule has 3 saturated heterocycles. The molecule has 5 amide bonds. The molecule has 5 aliphatic heterocycles.